The standard InChI is InChI=1S/C17H27N5O/c1-14-6-8-18-17(19-14)20-15-7-11-21(12-15)13-16(23)22-9-4-2-3-5-10-22/h6,8,15H,2-5,7,9-13H2,1H3,(H,18,19,20). The van der Waals surface area contributed by atoms with Gasteiger partial charge in [-0.1, -0.05) is 12.8 Å². The van der Waals surface area contributed by atoms with Crippen molar-refractivity contribution in [2.75, 3.05) is 38.0 Å². The van der Waals surface area contributed by atoms with Crippen LogP contribution in [0, 0.1) is 6.92 Å². The first-order valence-corrected chi connectivity index (χ1v) is 8.77. The Kier molecular flexibility index (Phi) is 5.43. The van der Waals surface area contributed by atoms with E-state index in [0.29, 0.717) is 24.4 Å². The van der Waals surface area contributed by atoms with Gasteiger partial charge in [-0.25, -0.2) is 9.97 Å². The molecular formula is C17H27N5O. The highest BCUT2D eigenvalue weighted by Crippen LogP contribution is 2.15. The number of amides is 1. The zero-order chi connectivity index (χ0) is 16.1. The minimum atomic E-state index is 0.291. The molecule has 0 bridgehead atoms. The van der Waals surface area contributed by atoms with E-state index in [0.717, 1.165) is 51.1 Å². The van der Waals surface area contributed by atoms with Crippen LogP contribution in [0.25, 0.3) is 0 Å². The molecule has 2 aliphatic heterocycles. The van der Waals surface area contributed by atoms with E-state index in [2.05, 4.69) is 25.1 Å². The molecule has 0 saturated carbocycles. The monoisotopic (exact) mass is 317 g/mol. The van der Waals surface area contributed by atoms with E-state index >= 15 is 0 Å². The second-order valence-corrected chi connectivity index (χ2v) is 6.68. The summed E-state index contributed by atoms with van der Waals surface area (Å²) in [5.74, 6) is 0.982. The summed E-state index contributed by atoms with van der Waals surface area (Å²) < 4.78 is 0. The molecule has 2 aliphatic rings. The topological polar surface area (TPSA) is 61.4 Å². The number of carbonyl (C=O) groups is 1. The van der Waals surface area contributed by atoms with E-state index in [1.807, 2.05) is 13.0 Å². The van der Waals surface area contributed by atoms with Gasteiger partial charge in [0, 0.05) is 44.1 Å². The van der Waals surface area contributed by atoms with Crippen molar-refractivity contribution in [1.29, 1.82) is 0 Å². The molecule has 2 fully saturated rings. The maximum Gasteiger partial charge on any atom is 0.236 e. The van der Waals surface area contributed by atoms with Crippen LogP contribution in [0.15, 0.2) is 12.3 Å². The molecule has 0 aromatic carbocycles. The first-order valence-electron chi connectivity index (χ1n) is 8.77. The zero-order valence-electron chi connectivity index (χ0n) is 14.0. The van der Waals surface area contributed by atoms with E-state index < -0.39 is 0 Å². The smallest absolute Gasteiger partial charge is 0.236 e. The number of carbonyl (C=O) groups excluding carboxylic acids is 1. The van der Waals surface area contributed by atoms with Gasteiger partial charge in [-0.15, -0.1) is 0 Å². The number of hydrogen-bond donors (Lipinski definition) is 1. The predicted octanol–water partition coefficient (Wildman–Crippen LogP) is 1.67. The van der Waals surface area contributed by atoms with Crippen molar-refractivity contribution in [1.82, 2.24) is 19.8 Å². The summed E-state index contributed by atoms with van der Waals surface area (Å²) in [5, 5.41) is 3.39. The number of nitrogens with one attached hydrogen (secondary N) is 1. The van der Waals surface area contributed by atoms with Crippen molar-refractivity contribution < 1.29 is 4.79 Å². The van der Waals surface area contributed by atoms with Gasteiger partial charge >= 0.3 is 0 Å². The Morgan fingerprint density at radius 2 is 2.04 bits per heavy atom. The van der Waals surface area contributed by atoms with Crippen molar-refractivity contribution in [3.63, 3.8) is 0 Å². The van der Waals surface area contributed by atoms with Gasteiger partial charge in [0.05, 0.1) is 6.54 Å². The first kappa shape index (κ1) is 16.2. The molecule has 1 aromatic rings. The van der Waals surface area contributed by atoms with Crippen LogP contribution in [-0.4, -0.2) is 64.4 Å². The van der Waals surface area contributed by atoms with Crippen molar-refractivity contribution in [3.05, 3.63) is 18.0 Å². The first-order chi connectivity index (χ1) is 11.2. The van der Waals surface area contributed by atoms with Gasteiger partial charge in [-0.3, -0.25) is 9.69 Å². The molecule has 23 heavy (non-hydrogen) atoms. The number of hydrogen-bond acceptors (Lipinski definition) is 5. The molecule has 1 atom stereocenters. The van der Waals surface area contributed by atoms with Crippen LogP contribution in [0.3, 0.4) is 0 Å². The van der Waals surface area contributed by atoms with Gasteiger partial charge in [0.2, 0.25) is 11.9 Å². The molecule has 6 heteroatoms. The predicted molar refractivity (Wildman–Crippen MR) is 90.3 cm³/mol. The SMILES string of the molecule is Cc1ccnc(NC2CCN(CC(=O)N3CCCCCC3)C2)n1. The normalized spacial score (nSPS) is 22.8. The Bertz CT molecular complexity index is 527. The molecule has 126 valence electrons. The van der Waals surface area contributed by atoms with Gasteiger partial charge in [-0.2, -0.15) is 0 Å². The molecule has 1 N–H and O–H groups in total. The number of anilines is 1. The lowest BCUT2D eigenvalue weighted by Crippen LogP contribution is -2.40. The quantitative estimate of drug-likeness (QED) is 0.915. The van der Waals surface area contributed by atoms with E-state index in [4.69, 9.17) is 0 Å². The van der Waals surface area contributed by atoms with Crippen molar-refractivity contribution in [3.8, 4) is 0 Å². The summed E-state index contributed by atoms with van der Waals surface area (Å²) in [5.41, 5.74) is 0.966. The summed E-state index contributed by atoms with van der Waals surface area (Å²) >= 11 is 0. The highest BCUT2D eigenvalue weighted by molar-refractivity contribution is 5.78. The number of likely N-dealkylation sites (tertiary alicyclic amines) is 2. The highest BCUT2D eigenvalue weighted by Gasteiger charge is 2.26. The Morgan fingerprint density at radius 1 is 1.26 bits per heavy atom. The van der Waals surface area contributed by atoms with Gasteiger partial charge in [0.15, 0.2) is 0 Å². The number of rotatable bonds is 4. The van der Waals surface area contributed by atoms with Crippen LogP contribution in [0.4, 0.5) is 5.95 Å². The van der Waals surface area contributed by atoms with Gasteiger partial charge in [0.25, 0.3) is 0 Å². The van der Waals surface area contributed by atoms with Gasteiger partial charge in [0.1, 0.15) is 0 Å². The lowest BCUT2D eigenvalue weighted by molar-refractivity contribution is -0.132. The largest absolute Gasteiger partial charge is 0.350 e. The number of nitrogens with zero attached hydrogens (tertiary/aromatic N) is 4. The molecule has 6 nitrogen and oxygen atoms in total. The van der Waals surface area contributed by atoms with Gasteiger partial charge < -0.3 is 10.2 Å². The minimum Gasteiger partial charge on any atom is -0.350 e. The third-order valence-corrected chi connectivity index (χ3v) is 4.72. The van der Waals surface area contributed by atoms with Crippen molar-refractivity contribution >= 4 is 11.9 Å². The highest BCUT2D eigenvalue weighted by atomic mass is 16.2. The lowest BCUT2D eigenvalue weighted by Gasteiger charge is -2.24. The van der Waals surface area contributed by atoms with E-state index in [1.165, 1.54) is 12.8 Å². The number of aromatic nitrogens is 2. The molecular weight excluding hydrogens is 290 g/mol. The second-order valence-electron chi connectivity index (χ2n) is 6.68. The zero-order valence-corrected chi connectivity index (χ0v) is 14.0. The molecule has 1 aromatic heterocycles. The van der Waals surface area contributed by atoms with Gasteiger partial charge in [-0.05, 0) is 32.3 Å². The summed E-state index contributed by atoms with van der Waals surface area (Å²) in [6.45, 7) is 6.23. The summed E-state index contributed by atoms with van der Waals surface area (Å²) in [4.78, 5) is 25.4. The van der Waals surface area contributed by atoms with Crippen LogP contribution in [0.1, 0.15) is 37.8 Å². The van der Waals surface area contributed by atoms with Crippen molar-refractivity contribution in [2.24, 2.45) is 0 Å². The fourth-order valence-corrected chi connectivity index (χ4v) is 3.41. The molecule has 1 unspecified atom stereocenters. The third-order valence-electron chi connectivity index (χ3n) is 4.72. The molecule has 1 amide bonds. The fourth-order valence-electron chi connectivity index (χ4n) is 3.41. The Hall–Kier alpha value is -1.69. The maximum absolute atomic E-state index is 12.5. The molecule has 3 heterocycles. The Balaban J connectivity index is 1.46. The molecule has 2 saturated heterocycles. The molecule has 0 spiro atoms. The van der Waals surface area contributed by atoms with E-state index in [9.17, 15) is 4.79 Å². The molecule has 3 rings (SSSR count). The minimum absolute atomic E-state index is 0.291. The second kappa shape index (κ2) is 7.73. The fraction of sp³-hybridized carbons (Fsp3) is 0.706. The lowest BCUT2D eigenvalue weighted by atomic mass is 10.2. The van der Waals surface area contributed by atoms with Crippen LogP contribution < -0.4 is 5.32 Å². The maximum atomic E-state index is 12.5. The summed E-state index contributed by atoms with van der Waals surface area (Å²) in [6, 6.07) is 2.22. The average Bonchev–Trinajstić information content (AvgIpc) is 2.80. The Morgan fingerprint density at radius 3 is 2.78 bits per heavy atom. The van der Waals surface area contributed by atoms with Crippen LogP contribution in [0.5, 0.6) is 0 Å². The molecule has 0 radical (unpaired) electrons. The van der Waals surface area contributed by atoms with Crippen LogP contribution in [0.2, 0.25) is 0 Å². The number of aryl methyl sites for hydroxylation is 1. The average molecular weight is 317 g/mol. The van der Waals surface area contributed by atoms with Crippen LogP contribution in [-0.2, 0) is 4.79 Å². The molecule has 0 aliphatic carbocycles. The van der Waals surface area contributed by atoms with Crippen LogP contribution >= 0.6 is 0 Å². The summed E-state index contributed by atoms with van der Waals surface area (Å²) in [6.07, 6.45) is 7.64. The summed E-state index contributed by atoms with van der Waals surface area (Å²) in [7, 11) is 0. The van der Waals surface area contributed by atoms with Crippen molar-refractivity contribution in [2.45, 2.75) is 45.1 Å². The third kappa shape index (κ3) is 4.64. The van der Waals surface area contributed by atoms with E-state index in [1.54, 1.807) is 6.20 Å². The Labute approximate surface area is 138 Å². The van der Waals surface area contributed by atoms with E-state index in [-0.39, 0.29) is 0 Å².